The molecule has 0 unspecified atom stereocenters. The maximum Gasteiger partial charge on any atom is 0.310 e. The summed E-state index contributed by atoms with van der Waals surface area (Å²) in [5, 5.41) is 7.24. The Balaban J connectivity index is 1.69. The molecule has 3 aromatic carbocycles. The lowest BCUT2D eigenvalue weighted by atomic mass is 10.1. The molecule has 0 aromatic heterocycles. The van der Waals surface area contributed by atoms with Crippen LogP contribution < -0.4 is 10.6 Å². The number of halogens is 2. The van der Waals surface area contributed by atoms with E-state index in [-0.39, 0.29) is 18.3 Å². The molecular weight excluding hydrogens is 435 g/mol. The lowest BCUT2D eigenvalue weighted by Crippen LogP contribution is -2.15. The highest BCUT2D eigenvalue weighted by molar-refractivity contribution is 6.31. The Hall–Kier alpha value is -3.02. The maximum absolute atomic E-state index is 12.9. The second-order valence-corrected chi connectivity index (χ2v) is 7.68. The number of nitrogens with one attached hydrogen (secondary N) is 2. The Morgan fingerprint density at radius 3 is 2.35 bits per heavy atom. The molecule has 0 radical (unpaired) electrons. The number of benzene rings is 3. The summed E-state index contributed by atoms with van der Waals surface area (Å²) in [7, 11) is 0. The highest BCUT2D eigenvalue weighted by Crippen LogP contribution is 2.23. The number of ether oxygens (including phenoxy) is 1. The summed E-state index contributed by atoms with van der Waals surface area (Å²) in [5.41, 5.74) is 3.48. The predicted molar refractivity (Wildman–Crippen MR) is 125 cm³/mol. The molecule has 0 heterocycles. The first-order valence-corrected chi connectivity index (χ1v) is 10.5. The molecular formula is C24H22Cl2N2O3. The van der Waals surface area contributed by atoms with Gasteiger partial charge in [-0.2, -0.15) is 0 Å². The minimum atomic E-state index is -0.297. The Bertz CT molecular complexity index is 1070. The number of hydrogen-bond acceptors (Lipinski definition) is 4. The summed E-state index contributed by atoms with van der Waals surface area (Å²) < 4.78 is 4.95. The quantitative estimate of drug-likeness (QED) is 0.410. The van der Waals surface area contributed by atoms with E-state index >= 15 is 0 Å². The van der Waals surface area contributed by atoms with Crippen LogP contribution in [0.1, 0.15) is 28.4 Å². The lowest BCUT2D eigenvalue weighted by molar-refractivity contribution is -0.142. The third kappa shape index (κ3) is 6.74. The van der Waals surface area contributed by atoms with Crippen LogP contribution in [0, 0.1) is 0 Å². The Kier molecular flexibility index (Phi) is 7.93. The first-order valence-electron chi connectivity index (χ1n) is 9.78. The number of carbonyl (C=O) groups excluding carboxylic acids is 2. The van der Waals surface area contributed by atoms with E-state index in [0.29, 0.717) is 40.1 Å². The fourth-order valence-corrected chi connectivity index (χ4v) is 3.37. The van der Waals surface area contributed by atoms with Crippen LogP contribution in [-0.4, -0.2) is 18.5 Å². The van der Waals surface area contributed by atoms with Gasteiger partial charge >= 0.3 is 5.97 Å². The molecule has 0 spiro atoms. The highest BCUT2D eigenvalue weighted by atomic mass is 35.5. The highest BCUT2D eigenvalue weighted by Gasteiger charge is 2.13. The van der Waals surface area contributed by atoms with Gasteiger partial charge in [0.05, 0.1) is 18.6 Å². The van der Waals surface area contributed by atoms with Gasteiger partial charge in [-0.15, -0.1) is 0 Å². The monoisotopic (exact) mass is 456 g/mol. The second-order valence-electron chi connectivity index (χ2n) is 6.81. The van der Waals surface area contributed by atoms with Crippen LogP contribution in [0.3, 0.4) is 0 Å². The fraction of sp³-hybridized carbons (Fsp3) is 0.167. The van der Waals surface area contributed by atoms with Gasteiger partial charge in [-0.3, -0.25) is 9.59 Å². The summed E-state index contributed by atoms with van der Waals surface area (Å²) in [4.78, 5) is 24.5. The molecule has 0 saturated carbocycles. The zero-order valence-electron chi connectivity index (χ0n) is 17.0. The van der Waals surface area contributed by atoms with Gasteiger partial charge in [0, 0.05) is 28.0 Å². The van der Waals surface area contributed by atoms with Crippen molar-refractivity contribution in [3.05, 3.63) is 93.5 Å². The van der Waals surface area contributed by atoms with Crippen LogP contribution in [0.5, 0.6) is 0 Å². The van der Waals surface area contributed by atoms with E-state index in [1.807, 2.05) is 24.3 Å². The summed E-state index contributed by atoms with van der Waals surface area (Å²) in [6.45, 7) is 2.62. The molecule has 7 heteroatoms. The predicted octanol–water partition coefficient (Wildman–Crippen LogP) is 5.96. The van der Waals surface area contributed by atoms with E-state index in [1.54, 1.807) is 49.4 Å². The van der Waals surface area contributed by atoms with Crippen LogP contribution in [0.15, 0.2) is 66.7 Å². The van der Waals surface area contributed by atoms with E-state index in [1.165, 1.54) is 0 Å². The molecule has 2 N–H and O–H groups in total. The molecule has 0 atom stereocenters. The number of anilines is 2. The smallest absolute Gasteiger partial charge is 0.310 e. The normalized spacial score (nSPS) is 10.4. The SMILES string of the molecule is CCOC(=O)Cc1ccc(NC(=O)c2cc(Cl)ccc2NCc2cccc(Cl)c2)cc1. The van der Waals surface area contributed by atoms with Crippen LogP contribution in [0.2, 0.25) is 10.0 Å². The molecule has 1 amide bonds. The third-order valence-electron chi connectivity index (χ3n) is 4.46. The van der Waals surface area contributed by atoms with Crippen LogP contribution >= 0.6 is 23.2 Å². The van der Waals surface area contributed by atoms with Crippen molar-refractivity contribution in [1.82, 2.24) is 0 Å². The van der Waals surface area contributed by atoms with E-state index in [4.69, 9.17) is 27.9 Å². The van der Waals surface area contributed by atoms with Crippen molar-refractivity contribution in [1.29, 1.82) is 0 Å². The van der Waals surface area contributed by atoms with Gasteiger partial charge < -0.3 is 15.4 Å². The van der Waals surface area contributed by atoms with E-state index in [2.05, 4.69) is 10.6 Å². The van der Waals surface area contributed by atoms with Crippen molar-refractivity contribution < 1.29 is 14.3 Å². The summed E-state index contributed by atoms with van der Waals surface area (Å²) >= 11 is 12.2. The molecule has 31 heavy (non-hydrogen) atoms. The largest absolute Gasteiger partial charge is 0.466 e. The molecule has 160 valence electrons. The average molecular weight is 457 g/mol. The van der Waals surface area contributed by atoms with Crippen LogP contribution in [0.25, 0.3) is 0 Å². The van der Waals surface area contributed by atoms with Crippen molar-refractivity contribution in [2.75, 3.05) is 17.2 Å². The summed E-state index contributed by atoms with van der Waals surface area (Å²) in [5.74, 6) is -0.581. The van der Waals surface area contributed by atoms with Gasteiger partial charge in [0.15, 0.2) is 0 Å². The van der Waals surface area contributed by atoms with Gasteiger partial charge in [0.2, 0.25) is 0 Å². The number of carbonyl (C=O) groups is 2. The van der Waals surface area contributed by atoms with Crippen LogP contribution in [0.4, 0.5) is 11.4 Å². The Morgan fingerprint density at radius 1 is 0.903 bits per heavy atom. The van der Waals surface area contributed by atoms with Gasteiger partial charge in [-0.25, -0.2) is 0 Å². The molecule has 5 nitrogen and oxygen atoms in total. The first kappa shape index (κ1) is 22.7. The molecule has 0 saturated heterocycles. The first-order chi connectivity index (χ1) is 14.9. The number of hydrogen-bond donors (Lipinski definition) is 2. The van der Waals surface area contributed by atoms with Crippen molar-refractivity contribution in [2.24, 2.45) is 0 Å². The van der Waals surface area contributed by atoms with E-state index < -0.39 is 0 Å². The van der Waals surface area contributed by atoms with Gasteiger partial charge in [-0.1, -0.05) is 47.5 Å². The minimum Gasteiger partial charge on any atom is -0.466 e. The van der Waals surface area contributed by atoms with Crippen LogP contribution in [-0.2, 0) is 22.5 Å². The molecule has 3 rings (SSSR count). The molecule has 3 aromatic rings. The zero-order chi connectivity index (χ0) is 22.2. The minimum absolute atomic E-state index is 0.188. The van der Waals surface area contributed by atoms with E-state index in [0.717, 1.165) is 11.1 Å². The average Bonchev–Trinajstić information content (AvgIpc) is 2.74. The van der Waals surface area contributed by atoms with Gasteiger partial charge in [-0.05, 0) is 60.5 Å². The van der Waals surface area contributed by atoms with Crippen molar-refractivity contribution in [2.45, 2.75) is 19.9 Å². The summed E-state index contributed by atoms with van der Waals surface area (Å²) in [6.07, 6.45) is 0.188. The Labute approximate surface area is 191 Å². The van der Waals surface area contributed by atoms with E-state index in [9.17, 15) is 9.59 Å². The maximum atomic E-state index is 12.9. The molecule has 0 fully saturated rings. The molecule has 0 bridgehead atoms. The molecule has 0 aliphatic rings. The summed E-state index contributed by atoms with van der Waals surface area (Å²) in [6, 6.07) is 19.7. The van der Waals surface area contributed by atoms with Gasteiger partial charge in [0.25, 0.3) is 5.91 Å². The number of rotatable bonds is 8. The zero-order valence-corrected chi connectivity index (χ0v) is 18.5. The van der Waals surface area contributed by atoms with Gasteiger partial charge in [0.1, 0.15) is 0 Å². The standard InChI is InChI=1S/C24H22Cl2N2O3/c1-2-31-23(29)13-16-6-9-20(10-7-16)28-24(30)21-14-19(26)8-11-22(21)27-15-17-4-3-5-18(25)12-17/h3-12,14,27H,2,13,15H2,1H3,(H,28,30). The van der Waals surface area contributed by atoms with Crippen molar-refractivity contribution in [3.63, 3.8) is 0 Å². The second kappa shape index (κ2) is 10.8. The van der Waals surface area contributed by atoms with Crippen molar-refractivity contribution in [3.8, 4) is 0 Å². The Morgan fingerprint density at radius 2 is 1.65 bits per heavy atom. The number of esters is 1. The third-order valence-corrected chi connectivity index (χ3v) is 4.93. The number of amides is 1. The lowest BCUT2D eigenvalue weighted by Gasteiger charge is -2.13. The molecule has 0 aliphatic heterocycles. The fourth-order valence-electron chi connectivity index (χ4n) is 2.99. The topological polar surface area (TPSA) is 67.4 Å². The van der Waals surface area contributed by atoms with Crippen molar-refractivity contribution >= 4 is 46.5 Å². The molecule has 0 aliphatic carbocycles.